The van der Waals surface area contributed by atoms with Gasteiger partial charge in [0.1, 0.15) is 0 Å². The van der Waals surface area contributed by atoms with Crippen molar-refractivity contribution in [2.45, 2.75) is 58.3 Å². The molecule has 2 N–H and O–H groups in total. The van der Waals surface area contributed by atoms with Crippen molar-refractivity contribution in [3.63, 3.8) is 0 Å². The van der Waals surface area contributed by atoms with E-state index in [4.69, 9.17) is 0 Å². The van der Waals surface area contributed by atoms with Crippen LogP contribution in [0.25, 0.3) is 0 Å². The Hall–Kier alpha value is -1.36. The molecule has 0 heterocycles. The first-order chi connectivity index (χ1) is 11.1. The fraction of sp³-hybridized carbons (Fsp3) is 0.556. The number of benzene rings is 1. The third-order valence-corrected chi connectivity index (χ3v) is 4.15. The zero-order valence-corrected chi connectivity index (χ0v) is 15.5. The average Bonchev–Trinajstić information content (AvgIpc) is 2.55. The summed E-state index contributed by atoms with van der Waals surface area (Å²) in [5.74, 6) is -1.19. The van der Waals surface area contributed by atoms with Gasteiger partial charge in [0, 0.05) is 16.7 Å². The van der Waals surface area contributed by atoms with Crippen LogP contribution in [0.3, 0.4) is 0 Å². The minimum atomic E-state index is -0.619. The van der Waals surface area contributed by atoms with Crippen LogP contribution in [-0.4, -0.2) is 18.4 Å². The number of anilines is 1. The second-order valence-electron chi connectivity index (χ2n) is 5.69. The van der Waals surface area contributed by atoms with Gasteiger partial charge in [-0.1, -0.05) is 67.8 Å². The highest BCUT2D eigenvalue weighted by Crippen LogP contribution is 2.13. The molecule has 128 valence electrons. The van der Waals surface area contributed by atoms with E-state index in [1.54, 1.807) is 12.1 Å². The average molecular weight is 383 g/mol. The van der Waals surface area contributed by atoms with Crippen LogP contribution in [0, 0.1) is 0 Å². The van der Waals surface area contributed by atoms with Gasteiger partial charge in [0.2, 0.25) is 0 Å². The van der Waals surface area contributed by atoms with Gasteiger partial charge in [-0.15, -0.1) is 0 Å². The fourth-order valence-electron chi connectivity index (χ4n) is 2.26. The third kappa shape index (κ3) is 9.39. The van der Waals surface area contributed by atoms with Gasteiger partial charge < -0.3 is 10.6 Å². The van der Waals surface area contributed by atoms with E-state index in [9.17, 15) is 9.59 Å². The summed E-state index contributed by atoms with van der Waals surface area (Å²) in [7, 11) is 0. The highest BCUT2D eigenvalue weighted by Gasteiger charge is 2.12. The van der Waals surface area contributed by atoms with Gasteiger partial charge in [-0.2, -0.15) is 0 Å². The number of hydrogen-bond acceptors (Lipinski definition) is 2. The van der Waals surface area contributed by atoms with E-state index in [-0.39, 0.29) is 0 Å². The molecule has 1 aromatic rings. The molecule has 0 unspecified atom stereocenters. The second-order valence-corrected chi connectivity index (χ2v) is 6.61. The predicted molar refractivity (Wildman–Crippen MR) is 98.4 cm³/mol. The van der Waals surface area contributed by atoms with E-state index in [1.165, 1.54) is 38.5 Å². The monoisotopic (exact) mass is 382 g/mol. The molecule has 0 bridgehead atoms. The summed E-state index contributed by atoms with van der Waals surface area (Å²) in [5.41, 5.74) is 0.612. The lowest BCUT2D eigenvalue weighted by Crippen LogP contribution is -2.35. The van der Waals surface area contributed by atoms with Crippen molar-refractivity contribution in [2.75, 3.05) is 11.9 Å². The molecule has 2 amide bonds. The van der Waals surface area contributed by atoms with Crippen LogP contribution in [0.4, 0.5) is 5.69 Å². The van der Waals surface area contributed by atoms with Crippen molar-refractivity contribution < 1.29 is 9.59 Å². The van der Waals surface area contributed by atoms with Crippen molar-refractivity contribution in [1.29, 1.82) is 0 Å². The Morgan fingerprint density at radius 3 is 2.04 bits per heavy atom. The molecule has 0 aliphatic rings. The van der Waals surface area contributed by atoms with Crippen LogP contribution < -0.4 is 10.6 Å². The van der Waals surface area contributed by atoms with Crippen LogP contribution in [0.15, 0.2) is 28.7 Å². The largest absolute Gasteiger partial charge is 0.348 e. The van der Waals surface area contributed by atoms with Crippen LogP contribution >= 0.6 is 15.9 Å². The first kappa shape index (κ1) is 19.7. The van der Waals surface area contributed by atoms with Crippen molar-refractivity contribution in [2.24, 2.45) is 0 Å². The molecule has 5 heteroatoms. The van der Waals surface area contributed by atoms with Gasteiger partial charge in [0.25, 0.3) is 0 Å². The first-order valence-electron chi connectivity index (χ1n) is 8.48. The highest BCUT2D eigenvalue weighted by molar-refractivity contribution is 9.10. The number of amides is 2. The Kier molecular flexibility index (Phi) is 10.4. The maximum absolute atomic E-state index is 11.7. The van der Waals surface area contributed by atoms with E-state index in [0.29, 0.717) is 12.2 Å². The molecule has 0 aliphatic heterocycles. The molecule has 0 fully saturated rings. The molecule has 0 aromatic heterocycles. The van der Waals surface area contributed by atoms with Gasteiger partial charge in [-0.05, 0) is 30.7 Å². The maximum Gasteiger partial charge on any atom is 0.313 e. The van der Waals surface area contributed by atoms with E-state index >= 15 is 0 Å². The lowest BCUT2D eigenvalue weighted by Gasteiger charge is -2.06. The molecule has 1 rings (SSSR count). The third-order valence-electron chi connectivity index (χ3n) is 3.62. The van der Waals surface area contributed by atoms with Gasteiger partial charge in [0.05, 0.1) is 0 Å². The molecule has 0 saturated carbocycles. The number of rotatable bonds is 10. The summed E-state index contributed by atoms with van der Waals surface area (Å²) >= 11 is 3.32. The summed E-state index contributed by atoms with van der Waals surface area (Å²) in [6.07, 6.45) is 9.70. The standard InChI is InChI=1S/C18H27BrN2O2/c1-2-3-4-5-6-7-8-9-14-20-17(22)18(23)21-16-12-10-15(19)11-13-16/h10-13H,2-9,14H2,1H3,(H,20,22)(H,21,23). The molecular formula is C18H27BrN2O2. The normalized spacial score (nSPS) is 10.3. The Bertz CT molecular complexity index is 474. The van der Waals surface area contributed by atoms with Crippen LogP contribution in [0.1, 0.15) is 58.3 Å². The number of carbonyl (C=O) groups excluding carboxylic acids is 2. The lowest BCUT2D eigenvalue weighted by atomic mass is 10.1. The number of unbranched alkanes of at least 4 members (excludes halogenated alkanes) is 7. The number of halogens is 1. The van der Waals surface area contributed by atoms with Crippen LogP contribution in [-0.2, 0) is 9.59 Å². The lowest BCUT2D eigenvalue weighted by molar-refractivity contribution is -0.136. The molecule has 0 atom stereocenters. The fourth-order valence-corrected chi connectivity index (χ4v) is 2.53. The quantitative estimate of drug-likeness (QED) is 0.457. The Morgan fingerprint density at radius 2 is 1.43 bits per heavy atom. The highest BCUT2D eigenvalue weighted by atomic mass is 79.9. The van der Waals surface area contributed by atoms with E-state index in [2.05, 4.69) is 33.5 Å². The molecule has 0 radical (unpaired) electrons. The summed E-state index contributed by atoms with van der Waals surface area (Å²) in [6.45, 7) is 2.77. The van der Waals surface area contributed by atoms with Crippen molar-refractivity contribution in [3.8, 4) is 0 Å². The predicted octanol–water partition coefficient (Wildman–Crippen LogP) is 4.64. The minimum Gasteiger partial charge on any atom is -0.348 e. The molecule has 1 aromatic carbocycles. The van der Waals surface area contributed by atoms with Crippen molar-refractivity contribution in [3.05, 3.63) is 28.7 Å². The molecule has 4 nitrogen and oxygen atoms in total. The summed E-state index contributed by atoms with van der Waals surface area (Å²) in [4.78, 5) is 23.4. The zero-order chi connectivity index (χ0) is 16.9. The van der Waals surface area contributed by atoms with Crippen molar-refractivity contribution in [1.82, 2.24) is 5.32 Å². The number of nitrogens with one attached hydrogen (secondary N) is 2. The summed E-state index contributed by atoms with van der Waals surface area (Å²) in [6, 6.07) is 7.11. The van der Waals surface area contributed by atoms with Crippen LogP contribution in [0.2, 0.25) is 0 Å². The molecule has 23 heavy (non-hydrogen) atoms. The summed E-state index contributed by atoms with van der Waals surface area (Å²) < 4.78 is 0.926. The molecule has 0 spiro atoms. The van der Waals surface area contributed by atoms with Gasteiger partial charge >= 0.3 is 11.8 Å². The Labute approximate surface area is 147 Å². The van der Waals surface area contributed by atoms with Gasteiger partial charge in [0.15, 0.2) is 0 Å². The van der Waals surface area contributed by atoms with Crippen LogP contribution in [0.5, 0.6) is 0 Å². The number of hydrogen-bond donors (Lipinski definition) is 2. The first-order valence-corrected chi connectivity index (χ1v) is 9.27. The topological polar surface area (TPSA) is 58.2 Å². The SMILES string of the molecule is CCCCCCCCCCNC(=O)C(=O)Nc1ccc(Br)cc1. The summed E-state index contributed by atoms with van der Waals surface area (Å²) in [5, 5.41) is 5.24. The zero-order valence-electron chi connectivity index (χ0n) is 13.9. The van der Waals surface area contributed by atoms with E-state index in [1.807, 2.05) is 12.1 Å². The second kappa shape index (κ2) is 12.1. The van der Waals surface area contributed by atoms with Gasteiger partial charge in [-0.3, -0.25) is 9.59 Å². The van der Waals surface area contributed by atoms with E-state index < -0.39 is 11.8 Å². The maximum atomic E-state index is 11.7. The molecule has 0 saturated heterocycles. The van der Waals surface area contributed by atoms with Gasteiger partial charge in [-0.25, -0.2) is 0 Å². The molecule has 0 aliphatic carbocycles. The Balaban J connectivity index is 2.07. The Morgan fingerprint density at radius 1 is 0.870 bits per heavy atom. The van der Waals surface area contributed by atoms with E-state index in [0.717, 1.165) is 17.3 Å². The molecular weight excluding hydrogens is 356 g/mol. The van der Waals surface area contributed by atoms with Crippen molar-refractivity contribution >= 4 is 33.4 Å². The minimum absolute atomic E-state index is 0.557. The smallest absolute Gasteiger partial charge is 0.313 e. The number of carbonyl (C=O) groups is 2.